The van der Waals surface area contributed by atoms with Crippen LogP contribution in [-0.4, -0.2) is 26.5 Å². The van der Waals surface area contributed by atoms with Crippen LogP contribution in [0.5, 0.6) is 5.75 Å². The molecular formula is C14H13N3O5. The molecule has 0 saturated carbocycles. The van der Waals surface area contributed by atoms with Gasteiger partial charge in [-0.2, -0.15) is 5.10 Å². The van der Waals surface area contributed by atoms with Gasteiger partial charge in [0.1, 0.15) is 18.1 Å². The molecule has 0 atom stereocenters. The molecule has 0 unspecified atom stereocenters. The molecule has 1 aromatic carbocycles. The number of ketones is 1. The molecule has 0 aliphatic rings. The van der Waals surface area contributed by atoms with E-state index in [2.05, 4.69) is 5.10 Å². The minimum Gasteiger partial charge on any atom is -0.426 e. The van der Waals surface area contributed by atoms with Gasteiger partial charge in [-0.15, -0.1) is 0 Å². The van der Waals surface area contributed by atoms with Gasteiger partial charge in [-0.1, -0.05) is 12.1 Å². The quantitative estimate of drug-likeness (QED) is 0.266. The number of hydrogen-bond acceptors (Lipinski definition) is 6. The molecule has 2 aromatic rings. The minimum absolute atomic E-state index is 0.00311. The Morgan fingerprint density at radius 1 is 1.41 bits per heavy atom. The van der Waals surface area contributed by atoms with Gasteiger partial charge in [-0.05, 0) is 19.1 Å². The molecule has 114 valence electrons. The van der Waals surface area contributed by atoms with Gasteiger partial charge in [0.2, 0.25) is 0 Å². The number of esters is 1. The summed E-state index contributed by atoms with van der Waals surface area (Å²) in [5.41, 5.74) is 0.315. The predicted octanol–water partition coefficient (Wildman–Crippen LogP) is 1.99. The molecule has 1 heterocycles. The van der Waals surface area contributed by atoms with Crippen LogP contribution in [0.2, 0.25) is 0 Å². The van der Waals surface area contributed by atoms with E-state index >= 15 is 0 Å². The van der Waals surface area contributed by atoms with Crippen molar-refractivity contribution in [1.29, 1.82) is 0 Å². The first kappa shape index (κ1) is 15.4. The fourth-order valence-electron chi connectivity index (χ4n) is 1.74. The second-order valence-electron chi connectivity index (χ2n) is 4.53. The summed E-state index contributed by atoms with van der Waals surface area (Å²) < 4.78 is 6.41. The van der Waals surface area contributed by atoms with Crippen LogP contribution in [0.4, 0.5) is 5.69 Å². The van der Waals surface area contributed by atoms with Gasteiger partial charge < -0.3 is 4.74 Å². The topological polar surface area (TPSA) is 104 Å². The molecule has 0 N–H and O–H groups in total. The smallest absolute Gasteiger partial charge is 0.313 e. The molecule has 0 saturated heterocycles. The van der Waals surface area contributed by atoms with Gasteiger partial charge in [-0.25, -0.2) is 0 Å². The van der Waals surface area contributed by atoms with Crippen molar-refractivity contribution in [1.82, 2.24) is 9.78 Å². The molecule has 8 nitrogen and oxygen atoms in total. The van der Waals surface area contributed by atoms with Crippen molar-refractivity contribution in [3.8, 4) is 5.75 Å². The Bertz CT molecular complexity index is 723. The zero-order chi connectivity index (χ0) is 16.1. The number of carbonyl (C=O) groups excluding carboxylic acids is 2. The Kier molecular flexibility index (Phi) is 4.62. The number of Topliss-reactive ketones (excluding diaryl/α,β-unsaturated/α-hetero) is 1. The Hall–Kier alpha value is -3.03. The average Bonchev–Trinajstić information content (AvgIpc) is 2.94. The maximum absolute atomic E-state index is 11.7. The molecule has 0 aliphatic heterocycles. The number of rotatable bonds is 6. The lowest BCUT2D eigenvalue weighted by Gasteiger charge is -2.05. The summed E-state index contributed by atoms with van der Waals surface area (Å²) in [7, 11) is 0. The molecule has 0 amide bonds. The fourth-order valence-corrected chi connectivity index (χ4v) is 1.74. The fraction of sp³-hybridized carbons (Fsp3) is 0.214. The van der Waals surface area contributed by atoms with E-state index in [-0.39, 0.29) is 30.2 Å². The first-order chi connectivity index (χ1) is 10.5. The number of aryl methyl sites for hydroxylation is 1. The van der Waals surface area contributed by atoms with Gasteiger partial charge >= 0.3 is 11.7 Å². The summed E-state index contributed by atoms with van der Waals surface area (Å²) in [6.07, 6.45) is 2.36. The molecule has 1 aromatic heterocycles. The monoisotopic (exact) mass is 303 g/mol. The second kappa shape index (κ2) is 6.61. The normalized spacial score (nSPS) is 10.2. The van der Waals surface area contributed by atoms with Crippen molar-refractivity contribution in [3.63, 3.8) is 0 Å². The van der Waals surface area contributed by atoms with E-state index in [0.29, 0.717) is 5.56 Å². The van der Waals surface area contributed by atoms with Crippen LogP contribution >= 0.6 is 0 Å². The van der Waals surface area contributed by atoms with Crippen molar-refractivity contribution in [2.24, 2.45) is 0 Å². The van der Waals surface area contributed by atoms with Gasteiger partial charge in [0.25, 0.3) is 0 Å². The van der Waals surface area contributed by atoms with Gasteiger partial charge in [0, 0.05) is 5.56 Å². The highest BCUT2D eigenvalue weighted by molar-refractivity contribution is 5.94. The van der Waals surface area contributed by atoms with Gasteiger partial charge in [0.05, 0.1) is 17.9 Å². The van der Waals surface area contributed by atoms with E-state index in [1.165, 1.54) is 23.9 Å². The Morgan fingerprint density at radius 2 is 2.18 bits per heavy atom. The highest BCUT2D eigenvalue weighted by atomic mass is 16.6. The largest absolute Gasteiger partial charge is 0.426 e. The zero-order valence-electron chi connectivity index (χ0n) is 11.8. The average molecular weight is 303 g/mol. The molecule has 2 rings (SSSR count). The lowest BCUT2D eigenvalue weighted by molar-refractivity contribution is -0.385. The van der Waals surface area contributed by atoms with Crippen LogP contribution in [-0.2, 0) is 11.3 Å². The summed E-state index contributed by atoms with van der Waals surface area (Å²) in [5.74, 6) is -0.357. The van der Waals surface area contributed by atoms with Crippen LogP contribution in [0.15, 0.2) is 36.7 Å². The van der Waals surface area contributed by atoms with Gasteiger partial charge in [0.15, 0.2) is 5.78 Å². The van der Waals surface area contributed by atoms with Gasteiger partial charge in [-0.3, -0.25) is 24.4 Å². The van der Waals surface area contributed by atoms with Crippen molar-refractivity contribution in [2.45, 2.75) is 19.9 Å². The number of nitrogens with zero attached hydrogens (tertiary/aromatic N) is 3. The van der Waals surface area contributed by atoms with Crippen LogP contribution in [0, 0.1) is 10.1 Å². The minimum atomic E-state index is -0.560. The number of nitro groups is 1. The van der Waals surface area contributed by atoms with E-state index in [4.69, 9.17) is 4.74 Å². The lowest BCUT2D eigenvalue weighted by Crippen LogP contribution is -2.12. The summed E-state index contributed by atoms with van der Waals surface area (Å²) in [6.45, 7) is 1.59. The van der Waals surface area contributed by atoms with E-state index in [1.807, 2.05) is 0 Å². The summed E-state index contributed by atoms with van der Waals surface area (Å²) >= 11 is 0. The SMILES string of the molecule is CC(=O)c1cccc(OC(=O)CCn2cc([N+](=O)[O-])cn2)c1. The van der Waals surface area contributed by atoms with Crippen molar-refractivity contribution >= 4 is 17.4 Å². The highest BCUT2D eigenvalue weighted by Gasteiger charge is 2.11. The molecule has 0 fully saturated rings. The van der Waals surface area contributed by atoms with E-state index in [0.717, 1.165) is 6.20 Å². The third-order valence-electron chi connectivity index (χ3n) is 2.85. The third kappa shape index (κ3) is 3.98. The van der Waals surface area contributed by atoms with Crippen molar-refractivity contribution in [2.75, 3.05) is 0 Å². The van der Waals surface area contributed by atoms with Crippen LogP contribution < -0.4 is 4.74 Å². The number of ether oxygens (including phenoxy) is 1. The van der Waals surface area contributed by atoms with Crippen LogP contribution in [0.1, 0.15) is 23.7 Å². The molecular weight excluding hydrogens is 290 g/mol. The Balaban J connectivity index is 1.91. The van der Waals surface area contributed by atoms with E-state index in [1.54, 1.807) is 18.2 Å². The van der Waals surface area contributed by atoms with Crippen molar-refractivity contribution < 1.29 is 19.2 Å². The molecule has 0 bridgehead atoms. The second-order valence-corrected chi connectivity index (χ2v) is 4.53. The lowest BCUT2D eigenvalue weighted by atomic mass is 10.1. The summed E-state index contributed by atoms with van der Waals surface area (Å²) in [6, 6.07) is 6.31. The number of benzene rings is 1. The first-order valence-corrected chi connectivity index (χ1v) is 6.44. The number of aromatic nitrogens is 2. The molecule has 8 heteroatoms. The van der Waals surface area contributed by atoms with Crippen molar-refractivity contribution in [3.05, 3.63) is 52.3 Å². The Labute approximate surface area is 125 Å². The van der Waals surface area contributed by atoms with Crippen LogP contribution in [0.25, 0.3) is 0 Å². The highest BCUT2D eigenvalue weighted by Crippen LogP contribution is 2.15. The van der Waals surface area contributed by atoms with Crippen LogP contribution in [0.3, 0.4) is 0 Å². The maximum Gasteiger partial charge on any atom is 0.313 e. The Morgan fingerprint density at radius 3 is 2.82 bits per heavy atom. The first-order valence-electron chi connectivity index (χ1n) is 6.44. The van der Waals surface area contributed by atoms with E-state index in [9.17, 15) is 19.7 Å². The third-order valence-corrected chi connectivity index (χ3v) is 2.85. The standard InChI is InChI=1S/C14H13N3O5/c1-10(18)11-3-2-4-13(7-11)22-14(19)5-6-16-9-12(8-15-16)17(20)21/h2-4,7-9H,5-6H2,1H3. The molecule has 22 heavy (non-hydrogen) atoms. The molecule has 0 radical (unpaired) electrons. The molecule has 0 aliphatic carbocycles. The van der Waals surface area contributed by atoms with E-state index < -0.39 is 10.9 Å². The number of hydrogen-bond donors (Lipinski definition) is 0. The predicted molar refractivity (Wildman–Crippen MR) is 75.6 cm³/mol. The zero-order valence-corrected chi connectivity index (χ0v) is 11.8. The maximum atomic E-state index is 11.7. The summed E-state index contributed by atoms with van der Waals surface area (Å²) in [5, 5.41) is 14.3. The number of carbonyl (C=O) groups is 2. The summed E-state index contributed by atoms with van der Waals surface area (Å²) in [4.78, 5) is 32.9. The molecule has 0 spiro atoms.